The number of hydrogen-bond acceptors (Lipinski definition) is 3. The van der Waals surface area contributed by atoms with Crippen LogP contribution in [0.4, 0.5) is 11.4 Å². The zero-order chi connectivity index (χ0) is 20.7. The summed E-state index contributed by atoms with van der Waals surface area (Å²) in [5.41, 5.74) is 14.1. The number of anilines is 2. The molecule has 2 N–H and O–H groups in total. The number of unbranched alkanes of at least 4 members (excludes halogenated alkanes) is 1. The van der Waals surface area contributed by atoms with Crippen LogP contribution in [0.1, 0.15) is 53.9 Å². The molecule has 0 amide bonds. The van der Waals surface area contributed by atoms with Crippen LogP contribution < -0.4 is 10.6 Å². The quantitative estimate of drug-likeness (QED) is 0.537. The van der Waals surface area contributed by atoms with Crippen molar-refractivity contribution < 1.29 is 0 Å². The Kier molecular flexibility index (Phi) is 5.13. The molecule has 0 saturated heterocycles. The third-order valence-electron chi connectivity index (χ3n) is 5.83. The molecule has 1 unspecified atom stereocenters. The number of halogens is 1. The molecule has 0 aliphatic carbocycles. The molecule has 1 aliphatic heterocycles. The summed E-state index contributed by atoms with van der Waals surface area (Å²) in [6.45, 7) is 8.67. The Balaban J connectivity index is 1.85. The smallest absolute Gasteiger partial charge is 0.114 e. The van der Waals surface area contributed by atoms with Crippen LogP contribution in [0.5, 0.6) is 0 Å². The lowest BCUT2D eigenvalue weighted by atomic mass is 9.96. The summed E-state index contributed by atoms with van der Waals surface area (Å²) in [6, 6.07) is 14.3. The van der Waals surface area contributed by atoms with Gasteiger partial charge in [-0.05, 0) is 61.2 Å². The maximum Gasteiger partial charge on any atom is 0.114 e. The molecule has 0 fully saturated rings. The Bertz CT molecular complexity index is 1070. The van der Waals surface area contributed by atoms with Gasteiger partial charge in [0.15, 0.2) is 0 Å². The number of fused-ring (bicyclic) bond motifs is 1. The average Bonchev–Trinajstić information content (AvgIpc) is 3.15. The second kappa shape index (κ2) is 7.60. The van der Waals surface area contributed by atoms with E-state index in [1.165, 1.54) is 18.4 Å². The van der Waals surface area contributed by atoms with Gasteiger partial charge >= 0.3 is 0 Å². The molecule has 0 saturated carbocycles. The monoisotopic (exact) mass is 406 g/mol. The van der Waals surface area contributed by atoms with Gasteiger partial charge in [0.05, 0.1) is 11.7 Å². The lowest BCUT2D eigenvalue weighted by molar-refractivity contribution is 0.722. The van der Waals surface area contributed by atoms with Gasteiger partial charge in [0.25, 0.3) is 0 Å². The molecule has 0 bridgehead atoms. The van der Waals surface area contributed by atoms with E-state index in [1.807, 2.05) is 36.0 Å². The molecule has 4 rings (SSSR count). The first-order valence-electron chi connectivity index (χ1n) is 10.1. The third-order valence-corrected chi connectivity index (χ3v) is 6.15. The number of nitrogens with two attached hydrogens (primary N) is 1. The van der Waals surface area contributed by atoms with E-state index >= 15 is 0 Å². The highest BCUT2D eigenvalue weighted by molar-refractivity contribution is 6.31. The van der Waals surface area contributed by atoms with Crippen LogP contribution in [-0.2, 0) is 13.5 Å². The highest BCUT2D eigenvalue weighted by Gasteiger charge is 2.40. The van der Waals surface area contributed by atoms with Gasteiger partial charge in [-0.3, -0.25) is 4.68 Å². The summed E-state index contributed by atoms with van der Waals surface area (Å²) in [5, 5.41) is 5.52. The second-order valence-electron chi connectivity index (χ2n) is 7.74. The van der Waals surface area contributed by atoms with E-state index in [9.17, 15) is 0 Å². The normalized spacial score (nSPS) is 15.8. The fraction of sp³-hybridized carbons (Fsp3) is 0.292. The zero-order valence-corrected chi connectivity index (χ0v) is 18.0. The van der Waals surface area contributed by atoms with Gasteiger partial charge in [0.1, 0.15) is 5.69 Å². The third kappa shape index (κ3) is 3.32. The minimum Gasteiger partial charge on any atom is -0.399 e. The SMILES string of the molecule is C=C1c2nn(C)c(C)c2C(c2ccc(CCCC)cc2Cl)N1c1ccc(N)cc1. The van der Waals surface area contributed by atoms with Crippen molar-refractivity contribution in [3.63, 3.8) is 0 Å². The summed E-state index contributed by atoms with van der Waals surface area (Å²) in [4.78, 5) is 2.22. The Hall–Kier alpha value is -2.72. The summed E-state index contributed by atoms with van der Waals surface area (Å²) in [7, 11) is 1.97. The molecule has 150 valence electrons. The van der Waals surface area contributed by atoms with E-state index in [-0.39, 0.29) is 6.04 Å². The average molecular weight is 407 g/mol. The Morgan fingerprint density at radius 2 is 1.90 bits per heavy atom. The van der Waals surface area contributed by atoms with Crippen molar-refractivity contribution in [3.05, 3.63) is 82.1 Å². The van der Waals surface area contributed by atoms with Crippen LogP contribution in [0.15, 0.2) is 49.0 Å². The van der Waals surface area contributed by atoms with E-state index in [1.54, 1.807) is 0 Å². The van der Waals surface area contributed by atoms with Gasteiger partial charge in [-0.2, -0.15) is 5.10 Å². The number of benzene rings is 2. The maximum absolute atomic E-state index is 6.84. The molecule has 1 aromatic heterocycles. The molecule has 1 atom stereocenters. The minimum absolute atomic E-state index is 0.0671. The van der Waals surface area contributed by atoms with E-state index < -0.39 is 0 Å². The first-order valence-corrected chi connectivity index (χ1v) is 10.5. The fourth-order valence-corrected chi connectivity index (χ4v) is 4.43. The summed E-state index contributed by atoms with van der Waals surface area (Å²) >= 11 is 6.84. The van der Waals surface area contributed by atoms with E-state index in [4.69, 9.17) is 22.4 Å². The Morgan fingerprint density at radius 3 is 2.55 bits per heavy atom. The summed E-state index contributed by atoms with van der Waals surface area (Å²) < 4.78 is 1.92. The van der Waals surface area contributed by atoms with Crippen LogP contribution in [0.2, 0.25) is 5.02 Å². The minimum atomic E-state index is -0.0671. The molecule has 1 aliphatic rings. The number of nitrogens with zero attached hydrogens (tertiary/aromatic N) is 3. The predicted molar refractivity (Wildman–Crippen MR) is 122 cm³/mol. The van der Waals surface area contributed by atoms with E-state index in [2.05, 4.69) is 43.5 Å². The van der Waals surface area contributed by atoms with Crippen molar-refractivity contribution >= 4 is 28.7 Å². The first kappa shape index (κ1) is 19.6. The van der Waals surface area contributed by atoms with Gasteiger partial charge in [0.2, 0.25) is 0 Å². The molecular formula is C24H27ClN4. The number of rotatable bonds is 5. The number of nitrogen functional groups attached to an aromatic ring is 1. The maximum atomic E-state index is 6.84. The number of aryl methyl sites for hydroxylation is 2. The van der Waals surface area contributed by atoms with Gasteiger partial charge < -0.3 is 10.6 Å². The molecule has 0 radical (unpaired) electrons. The molecule has 2 aromatic carbocycles. The predicted octanol–water partition coefficient (Wildman–Crippen LogP) is 5.89. The molecule has 4 nitrogen and oxygen atoms in total. The largest absolute Gasteiger partial charge is 0.399 e. The van der Waals surface area contributed by atoms with E-state index in [0.29, 0.717) is 0 Å². The number of hydrogen-bond donors (Lipinski definition) is 1. The standard InChI is InChI=1S/C24H27ClN4/c1-5-6-7-17-8-13-20(21(25)14-17)24-22-15(2)28(4)27-23(22)16(3)29(24)19-11-9-18(26)10-12-19/h8-14,24H,3,5-7,26H2,1-2,4H3. The van der Waals surface area contributed by atoms with Crippen molar-refractivity contribution in [3.8, 4) is 0 Å². The fourth-order valence-electron chi connectivity index (χ4n) is 4.13. The lowest BCUT2D eigenvalue weighted by Crippen LogP contribution is -2.23. The van der Waals surface area contributed by atoms with Crippen molar-refractivity contribution in [1.82, 2.24) is 9.78 Å². The van der Waals surface area contributed by atoms with Gasteiger partial charge in [0, 0.05) is 34.7 Å². The molecule has 29 heavy (non-hydrogen) atoms. The first-order chi connectivity index (χ1) is 13.9. The molecule has 3 aromatic rings. The zero-order valence-electron chi connectivity index (χ0n) is 17.2. The van der Waals surface area contributed by atoms with Crippen LogP contribution in [0, 0.1) is 6.92 Å². The summed E-state index contributed by atoms with van der Waals surface area (Å²) in [5.74, 6) is 0. The lowest BCUT2D eigenvalue weighted by Gasteiger charge is -2.30. The molecular weight excluding hydrogens is 380 g/mol. The van der Waals surface area contributed by atoms with Crippen molar-refractivity contribution in [2.24, 2.45) is 7.05 Å². The molecule has 0 spiro atoms. The van der Waals surface area contributed by atoms with Crippen LogP contribution in [-0.4, -0.2) is 9.78 Å². The second-order valence-corrected chi connectivity index (χ2v) is 8.15. The van der Waals surface area contributed by atoms with Crippen molar-refractivity contribution in [2.75, 3.05) is 10.6 Å². The highest BCUT2D eigenvalue weighted by Crippen LogP contribution is 2.49. The highest BCUT2D eigenvalue weighted by atomic mass is 35.5. The molecule has 5 heteroatoms. The summed E-state index contributed by atoms with van der Waals surface area (Å²) in [6.07, 6.45) is 3.39. The van der Waals surface area contributed by atoms with Gasteiger partial charge in [-0.25, -0.2) is 0 Å². The van der Waals surface area contributed by atoms with Gasteiger partial charge in [-0.15, -0.1) is 0 Å². The van der Waals surface area contributed by atoms with Gasteiger partial charge in [-0.1, -0.05) is 43.7 Å². The van der Waals surface area contributed by atoms with Crippen LogP contribution >= 0.6 is 11.6 Å². The van der Waals surface area contributed by atoms with Crippen molar-refractivity contribution in [2.45, 2.75) is 39.2 Å². The Labute approximate surface area is 177 Å². The topological polar surface area (TPSA) is 47.1 Å². The number of aromatic nitrogens is 2. The van der Waals surface area contributed by atoms with Crippen LogP contribution in [0.25, 0.3) is 5.70 Å². The van der Waals surface area contributed by atoms with Crippen molar-refractivity contribution in [1.29, 1.82) is 0 Å². The molecule has 2 heterocycles. The Morgan fingerprint density at radius 1 is 1.17 bits per heavy atom. The van der Waals surface area contributed by atoms with Crippen LogP contribution in [0.3, 0.4) is 0 Å². The van der Waals surface area contributed by atoms with E-state index in [0.717, 1.165) is 51.0 Å².